The molecule has 0 radical (unpaired) electrons. The molecule has 1 atom stereocenters. The molecule has 0 heterocycles. The lowest BCUT2D eigenvalue weighted by Gasteiger charge is -2.15. The number of benzene rings is 2. The number of thioether (sulfide) groups is 1. The van der Waals surface area contributed by atoms with Crippen LogP contribution in [0.25, 0.3) is 0 Å². The van der Waals surface area contributed by atoms with E-state index in [-0.39, 0.29) is 5.75 Å². The Morgan fingerprint density at radius 3 is 2.74 bits per heavy atom. The highest BCUT2D eigenvalue weighted by Crippen LogP contribution is 2.28. The first kappa shape index (κ1) is 19.3. The lowest BCUT2D eigenvalue weighted by molar-refractivity contribution is -0.150. The molecule has 0 spiro atoms. The quantitative estimate of drug-likeness (QED) is 0.579. The number of anilines is 1. The molecule has 2 aromatic rings. The van der Waals surface area contributed by atoms with E-state index in [1.54, 1.807) is 25.1 Å². The van der Waals surface area contributed by atoms with Gasteiger partial charge in [-0.3, -0.25) is 9.59 Å². The van der Waals surface area contributed by atoms with Crippen LogP contribution in [0.15, 0.2) is 47.4 Å². The van der Waals surface area contributed by atoms with Crippen molar-refractivity contribution in [2.75, 3.05) is 18.2 Å². The maximum atomic E-state index is 12.3. The lowest BCUT2D eigenvalue weighted by Crippen LogP contribution is -2.30. The van der Waals surface area contributed by atoms with Gasteiger partial charge in [0.1, 0.15) is 5.75 Å². The Balaban J connectivity index is 1.49. The summed E-state index contributed by atoms with van der Waals surface area (Å²) in [6, 6.07) is 13.4. The van der Waals surface area contributed by atoms with Gasteiger partial charge in [0.25, 0.3) is 5.91 Å². The third-order valence-electron chi connectivity index (χ3n) is 4.47. The van der Waals surface area contributed by atoms with Crippen LogP contribution >= 0.6 is 11.8 Å². The molecular formula is C21H23NO4S. The van der Waals surface area contributed by atoms with Crippen molar-refractivity contribution in [1.29, 1.82) is 0 Å². The summed E-state index contributed by atoms with van der Waals surface area (Å²) in [5.41, 5.74) is 3.32. The van der Waals surface area contributed by atoms with Crippen molar-refractivity contribution < 1.29 is 19.1 Å². The van der Waals surface area contributed by atoms with Crippen molar-refractivity contribution in [3.8, 4) is 5.75 Å². The Morgan fingerprint density at radius 1 is 1.15 bits per heavy atom. The zero-order valence-electron chi connectivity index (χ0n) is 15.5. The normalized spacial score (nSPS) is 13.6. The number of nitrogens with one attached hydrogen (secondary N) is 1. The molecule has 0 aromatic heterocycles. The number of esters is 1. The van der Waals surface area contributed by atoms with Crippen LogP contribution < -0.4 is 10.1 Å². The number of carbonyl (C=O) groups is 2. The summed E-state index contributed by atoms with van der Waals surface area (Å²) in [6.07, 6.45) is 2.56. The number of methoxy groups -OCH3 is 1. The molecule has 5 nitrogen and oxygen atoms in total. The predicted molar refractivity (Wildman–Crippen MR) is 106 cm³/mol. The van der Waals surface area contributed by atoms with Gasteiger partial charge in [0.2, 0.25) is 0 Å². The third kappa shape index (κ3) is 5.04. The minimum Gasteiger partial charge on any atom is -0.495 e. The molecule has 0 fully saturated rings. The molecule has 0 unspecified atom stereocenters. The molecule has 27 heavy (non-hydrogen) atoms. The average molecular weight is 385 g/mol. The van der Waals surface area contributed by atoms with Crippen molar-refractivity contribution >= 4 is 29.3 Å². The van der Waals surface area contributed by atoms with Crippen molar-refractivity contribution in [2.45, 2.75) is 37.2 Å². The van der Waals surface area contributed by atoms with E-state index in [9.17, 15) is 9.59 Å². The number of hydrogen-bond donors (Lipinski definition) is 1. The minimum absolute atomic E-state index is 0.172. The van der Waals surface area contributed by atoms with Crippen LogP contribution in [0.5, 0.6) is 5.75 Å². The maximum absolute atomic E-state index is 12.3. The molecule has 0 saturated heterocycles. The second kappa shape index (κ2) is 8.95. The molecule has 1 N–H and O–H groups in total. The smallest absolute Gasteiger partial charge is 0.317 e. The van der Waals surface area contributed by atoms with Gasteiger partial charge in [-0.15, -0.1) is 11.8 Å². The van der Waals surface area contributed by atoms with E-state index in [4.69, 9.17) is 9.47 Å². The largest absolute Gasteiger partial charge is 0.495 e. The number of carbonyl (C=O) groups excluding carboxylic acids is 2. The monoisotopic (exact) mass is 385 g/mol. The van der Waals surface area contributed by atoms with E-state index < -0.39 is 18.0 Å². The van der Waals surface area contributed by atoms with Crippen LogP contribution in [0.1, 0.15) is 24.5 Å². The lowest BCUT2D eigenvalue weighted by atomic mass is 10.1. The number of rotatable bonds is 7. The van der Waals surface area contributed by atoms with Gasteiger partial charge in [0.15, 0.2) is 6.10 Å². The summed E-state index contributed by atoms with van der Waals surface area (Å²) < 4.78 is 10.5. The second-order valence-corrected chi connectivity index (χ2v) is 7.44. The van der Waals surface area contributed by atoms with Crippen molar-refractivity contribution in [3.05, 3.63) is 53.6 Å². The molecule has 2 aromatic carbocycles. The Hall–Kier alpha value is -2.47. The van der Waals surface area contributed by atoms with E-state index >= 15 is 0 Å². The zero-order valence-corrected chi connectivity index (χ0v) is 16.3. The van der Waals surface area contributed by atoms with Gasteiger partial charge in [0, 0.05) is 4.90 Å². The van der Waals surface area contributed by atoms with Gasteiger partial charge in [-0.1, -0.05) is 18.2 Å². The summed E-state index contributed by atoms with van der Waals surface area (Å²) in [7, 11) is 1.53. The van der Waals surface area contributed by atoms with E-state index in [0.717, 1.165) is 17.7 Å². The van der Waals surface area contributed by atoms with Crippen molar-refractivity contribution in [2.24, 2.45) is 0 Å². The number of para-hydroxylation sites is 2. The molecule has 0 bridgehead atoms. The van der Waals surface area contributed by atoms with Gasteiger partial charge in [0.05, 0.1) is 18.6 Å². The van der Waals surface area contributed by atoms with Crippen LogP contribution in [0.2, 0.25) is 0 Å². The SMILES string of the molecule is COc1ccccc1NC(=O)[C@@H](C)OC(=O)CSc1ccc2c(c1)CCC2. The first-order valence-electron chi connectivity index (χ1n) is 8.95. The summed E-state index contributed by atoms with van der Waals surface area (Å²) in [6.45, 7) is 1.56. The number of fused-ring (bicyclic) bond motifs is 1. The van der Waals surface area contributed by atoms with Crippen LogP contribution in [-0.2, 0) is 27.2 Å². The second-order valence-electron chi connectivity index (χ2n) is 6.39. The number of hydrogen-bond acceptors (Lipinski definition) is 5. The molecule has 0 saturated carbocycles. The fourth-order valence-electron chi connectivity index (χ4n) is 3.05. The van der Waals surface area contributed by atoms with Crippen LogP contribution in [0.3, 0.4) is 0 Å². The molecule has 6 heteroatoms. The van der Waals surface area contributed by atoms with E-state index in [0.29, 0.717) is 11.4 Å². The van der Waals surface area contributed by atoms with E-state index in [1.165, 1.54) is 36.4 Å². The fourth-order valence-corrected chi connectivity index (χ4v) is 3.79. The topological polar surface area (TPSA) is 64.6 Å². The molecular weight excluding hydrogens is 362 g/mol. The highest BCUT2D eigenvalue weighted by Gasteiger charge is 2.19. The van der Waals surface area contributed by atoms with Gasteiger partial charge in [-0.2, -0.15) is 0 Å². The highest BCUT2D eigenvalue weighted by atomic mass is 32.2. The summed E-state index contributed by atoms with van der Waals surface area (Å²) >= 11 is 1.43. The average Bonchev–Trinajstić information content (AvgIpc) is 3.14. The van der Waals surface area contributed by atoms with Crippen LogP contribution in [-0.4, -0.2) is 30.8 Å². The molecule has 1 aliphatic carbocycles. The Labute approximate surface area is 163 Å². The fraction of sp³-hybridized carbons (Fsp3) is 0.333. The Morgan fingerprint density at radius 2 is 1.93 bits per heavy atom. The summed E-state index contributed by atoms with van der Waals surface area (Å²) in [5, 5.41) is 2.72. The maximum Gasteiger partial charge on any atom is 0.317 e. The van der Waals surface area contributed by atoms with Crippen LogP contribution in [0, 0.1) is 0 Å². The molecule has 1 amide bonds. The molecule has 0 aliphatic heterocycles. The Kier molecular flexibility index (Phi) is 6.40. The zero-order chi connectivity index (χ0) is 19.2. The van der Waals surface area contributed by atoms with E-state index in [1.807, 2.05) is 12.1 Å². The van der Waals surface area contributed by atoms with E-state index in [2.05, 4.69) is 17.4 Å². The summed E-state index contributed by atoms with van der Waals surface area (Å²) in [5.74, 6) is -0.0828. The van der Waals surface area contributed by atoms with Crippen molar-refractivity contribution in [1.82, 2.24) is 0 Å². The predicted octanol–water partition coefficient (Wildman–Crippen LogP) is 3.85. The Bertz CT molecular complexity index is 837. The number of aryl methyl sites for hydroxylation is 2. The summed E-state index contributed by atoms with van der Waals surface area (Å²) in [4.78, 5) is 25.4. The minimum atomic E-state index is -0.886. The standard InChI is InChI=1S/C21H23NO4S/c1-14(21(24)22-18-8-3-4-9-19(18)25-2)26-20(23)13-27-17-11-10-15-6-5-7-16(15)12-17/h3-4,8-12,14H,5-7,13H2,1-2H3,(H,22,24)/t14-/m1/s1. The number of ether oxygens (including phenoxy) is 2. The first-order valence-corrected chi connectivity index (χ1v) is 9.93. The first-order chi connectivity index (χ1) is 13.1. The number of amides is 1. The van der Waals surface area contributed by atoms with Gasteiger partial charge >= 0.3 is 5.97 Å². The van der Waals surface area contributed by atoms with Gasteiger partial charge in [-0.25, -0.2) is 0 Å². The molecule has 142 valence electrons. The van der Waals surface area contributed by atoms with Gasteiger partial charge < -0.3 is 14.8 Å². The third-order valence-corrected chi connectivity index (χ3v) is 5.44. The van der Waals surface area contributed by atoms with Gasteiger partial charge in [-0.05, 0) is 61.6 Å². The highest BCUT2D eigenvalue weighted by molar-refractivity contribution is 8.00. The molecule has 1 aliphatic rings. The van der Waals surface area contributed by atoms with Crippen molar-refractivity contribution in [3.63, 3.8) is 0 Å². The molecule has 3 rings (SSSR count). The van der Waals surface area contributed by atoms with Crippen LogP contribution in [0.4, 0.5) is 5.69 Å².